The van der Waals surface area contributed by atoms with E-state index in [4.69, 9.17) is 4.74 Å². The molecule has 0 bridgehead atoms. The maximum absolute atomic E-state index is 6.11. The van der Waals surface area contributed by atoms with Gasteiger partial charge in [0.15, 0.2) is 0 Å². The number of aromatic nitrogens is 3. The summed E-state index contributed by atoms with van der Waals surface area (Å²) in [7, 11) is 0. The summed E-state index contributed by atoms with van der Waals surface area (Å²) in [6.07, 6.45) is 3.73. The zero-order valence-electron chi connectivity index (χ0n) is 15.2. The Bertz CT molecular complexity index is 627. The second-order valence-electron chi connectivity index (χ2n) is 7.18. The number of hydrogen-bond acceptors (Lipinski definition) is 3. The quantitative estimate of drug-likeness (QED) is 0.851. The first-order valence-corrected chi connectivity index (χ1v) is 8.49. The van der Waals surface area contributed by atoms with Crippen LogP contribution in [0, 0.1) is 6.92 Å². The van der Waals surface area contributed by atoms with Crippen LogP contribution in [0.4, 0.5) is 0 Å². The summed E-state index contributed by atoms with van der Waals surface area (Å²) in [6, 6.07) is 4.53. The van der Waals surface area contributed by atoms with Gasteiger partial charge >= 0.3 is 0 Å². The molecule has 1 aromatic heterocycles. The maximum atomic E-state index is 6.11. The fourth-order valence-corrected chi connectivity index (χ4v) is 3.02. The smallest absolute Gasteiger partial charge is 0.126 e. The van der Waals surface area contributed by atoms with E-state index >= 15 is 0 Å². The molecule has 0 aliphatic rings. The van der Waals surface area contributed by atoms with Gasteiger partial charge in [-0.15, -0.1) is 0 Å². The van der Waals surface area contributed by atoms with E-state index in [1.54, 1.807) is 0 Å². The summed E-state index contributed by atoms with van der Waals surface area (Å²) < 4.78 is 6.11. The van der Waals surface area contributed by atoms with Crippen LogP contribution in [0.1, 0.15) is 69.3 Å². The lowest BCUT2D eigenvalue weighted by Crippen LogP contribution is -2.17. The lowest BCUT2D eigenvalue weighted by molar-refractivity contribution is 0.323. The molecule has 2 rings (SSSR count). The SMILES string of the molecule is CCOc1c(C(CC)Cc2cn[nH]n2)cc(C)cc1C(C)(C)C. The number of ether oxygens (including phenoxy) is 1. The number of hydrogen-bond donors (Lipinski definition) is 1. The fourth-order valence-electron chi connectivity index (χ4n) is 3.02. The molecule has 0 saturated heterocycles. The minimum atomic E-state index is 0.0530. The van der Waals surface area contributed by atoms with Crippen molar-refractivity contribution in [1.29, 1.82) is 0 Å². The minimum absolute atomic E-state index is 0.0530. The number of rotatable bonds is 6. The number of H-pyrrole nitrogens is 1. The molecule has 2 aromatic rings. The van der Waals surface area contributed by atoms with Gasteiger partial charge in [-0.05, 0) is 37.2 Å². The van der Waals surface area contributed by atoms with Crippen LogP contribution in [-0.2, 0) is 11.8 Å². The van der Waals surface area contributed by atoms with E-state index in [2.05, 4.69) is 69.1 Å². The van der Waals surface area contributed by atoms with Crippen LogP contribution in [0.25, 0.3) is 0 Å². The highest BCUT2D eigenvalue weighted by molar-refractivity contribution is 5.49. The van der Waals surface area contributed by atoms with Crippen LogP contribution in [0.15, 0.2) is 18.3 Å². The van der Waals surface area contributed by atoms with Gasteiger partial charge < -0.3 is 4.74 Å². The molecule has 126 valence electrons. The lowest BCUT2D eigenvalue weighted by Gasteiger charge is -2.28. The third-order valence-electron chi connectivity index (χ3n) is 4.21. The van der Waals surface area contributed by atoms with Crippen LogP contribution < -0.4 is 4.74 Å². The fraction of sp³-hybridized carbons (Fsp3) is 0.579. The summed E-state index contributed by atoms with van der Waals surface area (Å²) in [5.41, 5.74) is 4.91. The maximum Gasteiger partial charge on any atom is 0.126 e. The molecule has 1 atom stereocenters. The summed E-state index contributed by atoms with van der Waals surface area (Å²) in [6.45, 7) is 13.8. The highest BCUT2D eigenvalue weighted by Gasteiger charge is 2.25. The lowest BCUT2D eigenvalue weighted by atomic mass is 9.80. The Morgan fingerprint density at radius 2 is 1.96 bits per heavy atom. The molecule has 1 aromatic carbocycles. The zero-order valence-corrected chi connectivity index (χ0v) is 15.2. The van der Waals surface area contributed by atoms with E-state index in [1.807, 2.05) is 6.20 Å². The average molecular weight is 315 g/mol. The van der Waals surface area contributed by atoms with Crippen LogP contribution in [0.3, 0.4) is 0 Å². The minimum Gasteiger partial charge on any atom is -0.493 e. The van der Waals surface area contributed by atoms with Crippen molar-refractivity contribution in [1.82, 2.24) is 15.4 Å². The van der Waals surface area contributed by atoms with Crippen molar-refractivity contribution in [2.45, 2.75) is 65.7 Å². The molecular formula is C19H29N3O. The molecule has 0 aliphatic carbocycles. The predicted molar refractivity (Wildman–Crippen MR) is 94.2 cm³/mol. The molecule has 1 heterocycles. The van der Waals surface area contributed by atoms with E-state index in [0.717, 1.165) is 24.3 Å². The van der Waals surface area contributed by atoms with Gasteiger partial charge in [0.05, 0.1) is 18.5 Å². The van der Waals surface area contributed by atoms with Crippen LogP contribution in [0.2, 0.25) is 0 Å². The Morgan fingerprint density at radius 3 is 2.48 bits per heavy atom. The van der Waals surface area contributed by atoms with Gasteiger partial charge in [-0.25, -0.2) is 0 Å². The first-order chi connectivity index (χ1) is 10.9. The van der Waals surface area contributed by atoms with Crippen molar-refractivity contribution < 1.29 is 4.74 Å². The van der Waals surface area contributed by atoms with Crippen molar-refractivity contribution in [3.63, 3.8) is 0 Å². The van der Waals surface area contributed by atoms with Crippen molar-refractivity contribution in [3.8, 4) is 5.75 Å². The predicted octanol–water partition coefficient (Wildman–Crippen LogP) is 4.55. The molecule has 4 heteroatoms. The van der Waals surface area contributed by atoms with Gasteiger partial charge in [0.25, 0.3) is 0 Å². The standard InChI is InChI=1S/C19H29N3O/c1-7-14(11-15-12-20-22-21-15)16-9-13(3)10-17(19(4,5)6)18(16)23-8-2/h9-10,12,14H,7-8,11H2,1-6H3,(H,20,21,22). The Balaban J connectivity index is 2.51. The molecule has 4 nitrogen and oxygen atoms in total. The van der Waals surface area contributed by atoms with Crippen molar-refractivity contribution in [3.05, 3.63) is 40.7 Å². The monoisotopic (exact) mass is 315 g/mol. The highest BCUT2D eigenvalue weighted by atomic mass is 16.5. The second kappa shape index (κ2) is 7.16. The summed E-state index contributed by atoms with van der Waals surface area (Å²) >= 11 is 0. The van der Waals surface area contributed by atoms with Crippen molar-refractivity contribution >= 4 is 0 Å². The first-order valence-electron chi connectivity index (χ1n) is 8.49. The highest BCUT2D eigenvalue weighted by Crippen LogP contribution is 2.40. The molecule has 23 heavy (non-hydrogen) atoms. The first kappa shape index (κ1) is 17.5. The third-order valence-corrected chi connectivity index (χ3v) is 4.21. The molecule has 0 amide bonds. The molecule has 0 radical (unpaired) electrons. The molecule has 0 saturated carbocycles. The van der Waals surface area contributed by atoms with Crippen LogP contribution in [-0.4, -0.2) is 22.0 Å². The van der Waals surface area contributed by atoms with Crippen LogP contribution >= 0.6 is 0 Å². The third kappa shape index (κ3) is 4.12. The van der Waals surface area contributed by atoms with E-state index in [0.29, 0.717) is 12.5 Å². The zero-order chi connectivity index (χ0) is 17.0. The molecule has 1 unspecified atom stereocenters. The molecule has 1 N–H and O–H groups in total. The Morgan fingerprint density at radius 1 is 1.22 bits per heavy atom. The molecule has 0 aliphatic heterocycles. The summed E-state index contributed by atoms with van der Waals surface area (Å²) in [4.78, 5) is 0. The number of nitrogens with zero attached hydrogens (tertiary/aromatic N) is 2. The Labute approximate surface area is 139 Å². The van der Waals surface area contributed by atoms with Gasteiger partial charge in [-0.1, -0.05) is 45.4 Å². The van der Waals surface area contributed by atoms with Gasteiger partial charge in [-0.2, -0.15) is 15.4 Å². The van der Waals surface area contributed by atoms with E-state index in [-0.39, 0.29) is 5.41 Å². The molecule has 0 fully saturated rings. The van der Waals surface area contributed by atoms with Gasteiger partial charge in [0.1, 0.15) is 5.75 Å². The Kier molecular flexibility index (Phi) is 5.45. The number of aromatic amines is 1. The average Bonchev–Trinajstić information content (AvgIpc) is 2.98. The van der Waals surface area contributed by atoms with Gasteiger partial charge in [0, 0.05) is 12.0 Å². The number of aryl methyl sites for hydroxylation is 1. The number of benzene rings is 1. The van der Waals surface area contributed by atoms with Crippen molar-refractivity contribution in [2.75, 3.05) is 6.61 Å². The van der Waals surface area contributed by atoms with E-state index < -0.39 is 0 Å². The Hall–Kier alpha value is -1.84. The van der Waals surface area contributed by atoms with E-state index in [9.17, 15) is 0 Å². The molecular weight excluding hydrogens is 286 g/mol. The molecule has 0 spiro atoms. The van der Waals surface area contributed by atoms with Gasteiger partial charge in [-0.3, -0.25) is 0 Å². The van der Waals surface area contributed by atoms with Crippen LogP contribution in [0.5, 0.6) is 5.75 Å². The topological polar surface area (TPSA) is 50.8 Å². The second-order valence-corrected chi connectivity index (χ2v) is 7.18. The largest absolute Gasteiger partial charge is 0.493 e. The van der Waals surface area contributed by atoms with E-state index in [1.165, 1.54) is 16.7 Å². The van der Waals surface area contributed by atoms with Crippen molar-refractivity contribution in [2.24, 2.45) is 0 Å². The normalized spacial score (nSPS) is 13.1. The number of nitrogens with one attached hydrogen (secondary N) is 1. The summed E-state index contributed by atoms with van der Waals surface area (Å²) in [5.74, 6) is 1.43. The summed E-state index contributed by atoms with van der Waals surface area (Å²) in [5, 5.41) is 10.9. The van der Waals surface area contributed by atoms with Gasteiger partial charge in [0.2, 0.25) is 0 Å².